The van der Waals surface area contributed by atoms with Crippen LogP contribution in [0.25, 0.3) is 0 Å². The molecule has 0 spiro atoms. The molecule has 4 unspecified atom stereocenters. The first kappa shape index (κ1) is 16.0. The van der Waals surface area contributed by atoms with E-state index in [4.69, 9.17) is 10.1 Å². The van der Waals surface area contributed by atoms with Crippen molar-refractivity contribution in [1.29, 1.82) is 5.26 Å². The zero-order valence-corrected chi connectivity index (χ0v) is 14.6. The Kier molecular flexibility index (Phi) is 3.51. The van der Waals surface area contributed by atoms with Gasteiger partial charge in [-0.15, -0.1) is 0 Å². The number of nitrogens with one attached hydrogen (secondary N) is 1. The van der Waals surface area contributed by atoms with E-state index in [0.717, 1.165) is 30.5 Å². The maximum atomic E-state index is 13.3. The molecule has 27 heavy (non-hydrogen) atoms. The molecule has 1 amide bonds. The summed E-state index contributed by atoms with van der Waals surface area (Å²) in [6.45, 7) is 0. The summed E-state index contributed by atoms with van der Waals surface area (Å²) in [5.74, 6) is 0.387. The van der Waals surface area contributed by atoms with E-state index in [1.807, 2.05) is 12.1 Å². The highest BCUT2D eigenvalue weighted by Gasteiger charge is 2.69. The third kappa shape index (κ3) is 2.28. The van der Waals surface area contributed by atoms with Crippen LogP contribution in [0, 0.1) is 29.1 Å². The molecule has 1 N–H and O–H groups in total. The predicted molar refractivity (Wildman–Crippen MR) is 98.7 cm³/mol. The molecule has 2 aliphatic carbocycles. The van der Waals surface area contributed by atoms with Crippen LogP contribution in [0.1, 0.15) is 30.4 Å². The average molecular weight is 358 g/mol. The molecule has 3 aliphatic rings. The summed E-state index contributed by atoms with van der Waals surface area (Å²) >= 11 is 0. The van der Waals surface area contributed by atoms with Crippen molar-refractivity contribution in [2.75, 3.05) is 5.32 Å². The van der Waals surface area contributed by atoms with Gasteiger partial charge in [0.1, 0.15) is 0 Å². The van der Waals surface area contributed by atoms with Gasteiger partial charge in [0.15, 0.2) is 0 Å². The lowest BCUT2D eigenvalue weighted by Gasteiger charge is -2.35. The van der Waals surface area contributed by atoms with Gasteiger partial charge in [-0.05, 0) is 61.6 Å². The molecule has 4 atom stereocenters. The van der Waals surface area contributed by atoms with Gasteiger partial charge < -0.3 is 10.2 Å². The van der Waals surface area contributed by atoms with Crippen molar-refractivity contribution >= 4 is 17.3 Å². The Balaban J connectivity index is 1.47. The molecular formula is C21H18N4O2. The number of carbonyl (C=O) groups is 1. The van der Waals surface area contributed by atoms with Crippen LogP contribution in [0.3, 0.4) is 0 Å². The molecule has 5 rings (SSSR count). The Bertz CT molecular complexity index is 964. The fraction of sp³-hybridized carbons (Fsp3) is 0.333. The van der Waals surface area contributed by atoms with Crippen LogP contribution in [-0.4, -0.2) is 22.2 Å². The number of benzene rings is 1. The molecule has 0 saturated heterocycles. The number of aromatic nitrogens is 1. The van der Waals surface area contributed by atoms with Crippen molar-refractivity contribution < 1.29 is 9.63 Å². The first-order chi connectivity index (χ1) is 13.2. The van der Waals surface area contributed by atoms with E-state index in [-0.39, 0.29) is 17.7 Å². The van der Waals surface area contributed by atoms with Crippen molar-refractivity contribution in [2.45, 2.75) is 24.9 Å². The van der Waals surface area contributed by atoms with Crippen LogP contribution < -0.4 is 5.32 Å². The highest BCUT2D eigenvalue weighted by molar-refractivity contribution is 6.10. The Labute approximate surface area is 156 Å². The molecule has 6 nitrogen and oxygen atoms in total. The summed E-state index contributed by atoms with van der Waals surface area (Å²) in [4.78, 5) is 23.5. The zero-order valence-electron chi connectivity index (χ0n) is 14.6. The normalized spacial score (nSPS) is 30.2. The Morgan fingerprint density at radius 2 is 2.11 bits per heavy atom. The second-order valence-electron chi connectivity index (χ2n) is 7.49. The summed E-state index contributed by atoms with van der Waals surface area (Å²) in [6.07, 6.45) is 6.58. The van der Waals surface area contributed by atoms with Crippen LogP contribution >= 0.6 is 0 Å². The number of pyridine rings is 1. The number of amides is 1. The van der Waals surface area contributed by atoms with Gasteiger partial charge in [0, 0.05) is 29.6 Å². The predicted octanol–water partition coefficient (Wildman–Crippen LogP) is 3.11. The number of nitrogens with zero attached hydrogens (tertiary/aromatic N) is 3. The molecular weight excluding hydrogens is 340 g/mol. The van der Waals surface area contributed by atoms with E-state index >= 15 is 0 Å². The van der Waals surface area contributed by atoms with Crippen LogP contribution in [0.2, 0.25) is 0 Å². The van der Waals surface area contributed by atoms with Crippen molar-refractivity contribution in [3.63, 3.8) is 0 Å². The minimum Gasteiger partial charge on any atom is -0.378 e. The van der Waals surface area contributed by atoms with E-state index < -0.39 is 5.60 Å². The molecule has 2 heterocycles. The van der Waals surface area contributed by atoms with E-state index in [2.05, 4.69) is 21.5 Å². The van der Waals surface area contributed by atoms with Crippen molar-refractivity contribution in [1.82, 2.24) is 4.98 Å². The maximum Gasteiger partial charge on any atom is 0.272 e. The summed E-state index contributed by atoms with van der Waals surface area (Å²) in [5.41, 5.74) is 2.03. The van der Waals surface area contributed by atoms with Crippen molar-refractivity contribution in [2.24, 2.45) is 22.9 Å². The van der Waals surface area contributed by atoms with Gasteiger partial charge in [-0.2, -0.15) is 5.26 Å². The molecule has 2 fully saturated rings. The molecule has 2 saturated carbocycles. The maximum absolute atomic E-state index is 13.3. The lowest BCUT2D eigenvalue weighted by molar-refractivity contribution is -0.149. The molecule has 134 valence electrons. The lowest BCUT2D eigenvalue weighted by atomic mass is 9.72. The molecule has 2 bridgehead atoms. The number of fused-ring (bicyclic) bond motifs is 5. The fourth-order valence-corrected chi connectivity index (χ4v) is 5.02. The Morgan fingerprint density at radius 3 is 2.85 bits per heavy atom. The third-order valence-electron chi connectivity index (χ3n) is 6.19. The average Bonchev–Trinajstić information content (AvgIpc) is 3.41. The standard InChI is InChI=1S/C21H18N4O2/c22-11-13-3-7-17(8-4-13)24-20(26)21-16-6-5-14(10-16)18(21)19(25-27-21)15-2-1-9-23-12-15/h1-4,7-9,12,14,16,18H,5-6,10H2,(H,24,26). The summed E-state index contributed by atoms with van der Waals surface area (Å²) in [7, 11) is 0. The van der Waals surface area contributed by atoms with Crippen LogP contribution in [-0.2, 0) is 9.63 Å². The summed E-state index contributed by atoms with van der Waals surface area (Å²) in [6, 6.07) is 12.8. The summed E-state index contributed by atoms with van der Waals surface area (Å²) in [5, 5.41) is 16.3. The number of anilines is 1. The van der Waals surface area contributed by atoms with Crippen molar-refractivity contribution in [3.8, 4) is 6.07 Å². The molecule has 1 aliphatic heterocycles. The Morgan fingerprint density at radius 1 is 1.26 bits per heavy atom. The monoisotopic (exact) mass is 358 g/mol. The highest BCUT2D eigenvalue weighted by atomic mass is 16.7. The number of rotatable bonds is 3. The first-order valence-corrected chi connectivity index (χ1v) is 9.20. The molecule has 1 aromatic heterocycles. The van der Waals surface area contributed by atoms with E-state index in [1.165, 1.54) is 0 Å². The SMILES string of the molecule is N#Cc1ccc(NC(=O)C23ON=C(c4cccnc4)C2C2CCC3C2)cc1. The van der Waals surface area contributed by atoms with E-state index in [0.29, 0.717) is 17.2 Å². The molecule has 6 heteroatoms. The number of oxime groups is 1. The van der Waals surface area contributed by atoms with Gasteiger partial charge in [-0.3, -0.25) is 9.78 Å². The topological polar surface area (TPSA) is 87.4 Å². The zero-order chi connectivity index (χ0) is 18.4. The van der Waals surface area contributed by atoms with Crippen LogP contribution in [0.15, 0.2) is 53.9 Å². The minimum absolute atomic E-state index is 0.0427. The fourth-order valence-electron chi connectivity index (χ4n) is 5.02. The number of hydrogen-bond donors (Lipinski definition) is 1. The highest BCUT2D eigenvalue weighted by Crippen LogP contribution is 2.60. The molecule has 1 aromatic carbocycles. The van der Waals surface area contributed by atoms with Gasteiger partial charge in [-0.1, -0.05) is 5.16 Å². The lowest BCUT2D eigenvalue weighted by Crippen LogP contribution is -2.53. The number of carbonyl (C=O) groups excluding carboxylic acids is 1. The second-order valence-corrected chi connectivity index (χ2v) is 7.49. The van der Waals surface area contributed by atoms with Gasteiger partial charge in [0.25, 0.3) is 5.91 Å². The third-order valence-corrected chi connectivity index (χ3v) is 6.19. The number of nitriles is 1. The summed E-state index contributed by atoms with van der Waals surface area (Å²) < 4.78 is 0. The second kappa shape index (κ2) is 5.92. The van der Waals surface area contributed by atoms with Crippen LogP contribution in [0.5, 0.6) is 0 Å². The smallest absolute Gasteiger partial charge is 0.272 e. The quantitative estimate of drug-likeness (QED) is 0.913. The number of hydrogen-bond acceptors (Lipinski definition) is 5. The first-order valence-electron chi connectivity index (χ1n) is 9.20. The molecule has 2 aromatic rings. The molecule has 0 radical (unpaired) electrons. The van der Waals surface area contributed by atoms with Gasteiger partial charge in [0.2, 0.25) is 5.60 Å². The van der Waals surface area contributed by atoms with Gasteiger partial charge in [0.05, 0.1) is 23.3 Å². The largest absolute Gasteiger partial charge is 0.378 e. The van der Waals surface area contributed by atoms with E-state index in [1.54, 1.807) is 36.7 Å². The Hall–Kier alpha value is -3.20. The van der Waals surface area contributed by atoms with Gasteiger partial charge in [-0.25, -0.2) is 0 Å². The van der Waals surface area contributed by atoms with Gasteiger partial charge >= 0.3 is 0 Å². The van der Waals surface area contributed by atoms with Crippen molar-refractivity contribution in [3.05, 3.63) is 59.9 Å². The van der Waals surface area contributed by atoms with E-state index in [9.17, 15) is 4.79 Å². The van der Waals surface area contributed by atoms with Crippen LogP contribution in [0.4, 0.5) is 5.69 Å². The minimum atomic E-state index is -0.942.